The average Bonchev–Trinajstić information content (AvgIpc) is 2.69. The van der Waals surface area contributed by atoms with E-state index in [1.807, 2.05) is 0 Å². The number of rotatable bonds is 6. The van der Waals surface area contributed by atoms with Gasteiger partial charge >= 0.3 is 11.9 Å². The van der Waals surface area contributed by atoms with Crippen molar-refractivity contribution >= 4 is 29.6 Å². The summed E-state index contributed by atoms with van der Waals surface area (Å²) in [5, 5.41) is 2.49. The van der Waals surface area contributed by atoms with Gasteiger partial charge in [-0.05, 0) is 55.3 Å². The number of methoxy groups -OCH3 is 1. The Hall–Kier alpha value is -3.48. The third-order valence-electron chi connectivity index (χ3n) is 3.85. The Morgan fingerprint density at radius 1 is 1.11 bits per heavy atom. The summed E-state index contributed by atoms with van der Waals surface area (Å²) in [6.45, 7) is 3.03. The first-order chi connectivity index (χ1) is 13.3. The smallest absolute Gasteiger partial charge is 0.337 e. The molecule has 0 aliphatic heterocycles. The summed E-state index contributed by atoms with van der Waals surface area (Å²) in [7, 11) is 1.29. The average molecular weight is 385 g/mol. The number of hydrogen-bond acceptors (Lipinski definition) is 5. The van der Waals surface area contributed by atoms with Crippen molar-refractivity contribution in [3.63, 3.8) is 0 Å². The molecule has 1 amide bonds. The molecule has 0 aliphatic carbocycles. The van der Waals surface area contributed by atoms with Crippen LogP contribution in [0.1, 0.15) is 28.4 Å². The molecule has 2 aromatic rings. The van der Waals surface area contributed by atoms with Crippen molar-refractivity contribution in [2.45, 2.75) is 20.0 Å². The van der Waals surface area contributed by atoms with Crippen LogP contribution in [-0.2, 0) is 19.1 Å². The standard InChI is InChI=1S/C21H20FNO5/c1-13-4-10-17(12-18(13)22)23-20(25)14(2)28-19(24)11-7-15-5-8-16(9-6-15)21(26)27-3/h4-12,14H,1-3H3,(H,23,25)/b11-7+. The molecule has 0 fully saturated rings. The van der Waals surface area contributed by atoms with Crippen LogP contribution in [0.15, 0.2) is 48.5 Å². The molecule has 146 valence electrons. The molecule has 0 bridgehead atoms. The zero-order valence-corrected chi connectivity index (χ0v) is 15.7. The monoisotopic (exact) mass is 385 g/mol. The van der Waals surface area contributed by atoms with E-state index in [1.165, 1.54) is 38.3 Å². The molecule has 0 radical (unpaired) electrons. The van der Waals surface area contributed by atoms with Crippen LogP contribution < -0.4 is 5.32 Å². The Labute approximate surface area is 162 Å². The van der Waals surface area contributed by atoms with Gasteiger partial charge in [0.25, 0.3) is 5.91 Å². The van der Waals surface area contributed by atoms with Crippen molar-refractivity contribution < 1.29 is 28.2 Å². The number of aryl methyl sites for hydroxylation is 1. The number of carbonyl (C=O) groups is 3. The molecule has 0 spiro atoms. The number of benzene rings is 2. The van der Waals surface area contributed by atoms with Crippen LogP contribution in [0.4, 0.5) is 10.1 Å². The Morgan fingerprint density at radius 2 is 1.79 bits per heavy atom. The lowest BCUT2D eigenvalue weighted by Crippen LogP contribution is -2.29. The highest BCUT2D eigenvalue weighted by atomic mass is 19.1. The van der Waals surface area contributed by atoms with Crippen molar-refractivity contribution in [1.29, 1.82) is 0 Å². The van der Waals surface area contributed by atoms with Gasteiger partial charge in [0.1, 0.15) is 5.82 Å². The van der Waals surface area contributed by atoms with Crippen LogP contribution in [0, 0.1) is 12.7 Å². The van der Waals surface area contributed by atoms with Crippen molar-refractivity contribution in [3.8, 4) is 0 Å². The molecular formula is C21H20FNO5. The molecule has 28 heavy (non-hydrogen) atoms. The maximum Gasteiger partial charge on any atom is 0.337 e. The second-order valence-electron chi connectivity index (χ2n) is 5.98. The zero-order valence-electron chi connectivity index (χ0n) is 15.7. The molecule has 0 saturated carbocycles. The molecule has 0 aromatic heterocycles. The minimum absolute atomic E-state index is 0.275. The second-order valence-corrected chi connectivity index (χ2v) is 5.98. The molecule has 0 saturated heterocycles. The SMILES string of the molecule is COC(=O)c1ccc(/C=C/C(=O)OC(C)C(=O)Nc2ccc(C)c(F)c2)cc1. The molecule has 2 aromatic carbocycles. The number of halogens is 1. The molecule has 2 rings (SSSR count). The molecule has 0 heterocycles. The predicted octanol–water partition coefficient (Wildman–Crippen LogP) is 3.50. The first kappa shape index (κ1) is 20.8. The van der Waals surface area contributed by atoms with E-state index < -0.39 is 29.8 Å². The maximum atomic E-state index is 13.5. The lowest BCUT2D eigenvalue weighted by molar-refractivity contribution is -0.148. The van der Waals surface area contributed by atoms with Crippen LogP contribution >= 0.6 is 0 Å². The van der Waals surface area contributed by atoms with Crippen molar-refractivity contribution in [1.82, 2.24) is 0 Å². The number of carbonyl (C=O) groups excluding carboxylic acids is 3. The van der Waals surface area contributed by atoms with Gasteiger partial charge in [-0.2, -0.15) is 0 Å². The fourth-order valence-electron chi connectivity index (χ4n) is 2.19. The third kappa shape index (κ3) is 5.77. The van der Waals surface area contributed by atoms with Gasteiger partial charge in [0.2, 0.25) is 0 Å². The van der Waals surface area contributed by atoms with E-state index in [1.54, 1.807) is 37.3 Å². The lowest BCUT2D eigenvalue weighted by atomic mass is 10.1. The van der Waals surface area contributed by atoms with E-state index in [0.29, 0.717) is 16.7 Å². The summed E-state index contributed by atoms with van der Waals surface area (Å²) in [5.41, 5.74) is 1.79. The third-order valence-corrected chi connectivity index (χ3v) is 3.85. The Kier molecular flexibility index (Phi) is 7.03. The largest absolute Gasteiger partial charge is 0.465 e. The van der Waals surface area contributed by atoms with Gasteiger partial charge in [0, 0.05) is 11.8 Å². The zero-order chi connectivity index (χ0) is 20.7. The first-order valence-electron chi connectivity index (χ1n) is 8.44. The van der Waals surface area contributed by atoms with E-state index in [9.17, 15) is 18.8 Å². The van der Waals surface area contributed by atoms with Gasteiger partial charge < -0.3 is 14.8 Å². The summed E-state index contributed by atoms with van der Waals surface area (Å²) < 4.78 is 23.2. The highest BCUT2D eigenvalue weighted by Crippen LogP contribution is 2.14. The van der Waals surface area contributed by atoms with Crippen LogP contribution in [-0.4, -0.2) is 31.1 Å². The summed E-state index contributed by atoms with van der Waals surface area (Å²) in [6.07, 6.45) is 1.59. The number of hydrogen-bond donors (Lipinski definition) is 1. The summed E-state index contributed by atoms with van der Waals surface area (Å²) >= 11 is 0. The molecule has 1 atom stereocenters. The molecule has 1 unspecified atom stereocenters. The molecule has 1 N–H and O–H groups in total. The fourth-order valence-corrected chi connectivity index (χ4v) is 2.19. The molecule has 0 aliphatic rings. The first-order valence-corrected chi connectivity index (χ1v) is 8.44. The Balaban J connectivity index is 1.90. The Bertz CT molecular complexity index is 906. The van der Waals surface area contributed by atoms with Gasteiger partial charge in [-0.3, -0.25) is 4.79 Å². The second kappa shape index (κ2) is 9.45. The van der Waals surface area contributed by atoms with Crippen LogP contribution in [0.25, 0.3) is 6.08 Å². The highest BCUT2D eigenvalue weighted by Gasteiger charge is 2.17. The van der Waals surface area contributed by atoms with Gasteiger partial charge in [-0.25, -0.2) is 14.0 Å². The number of anilines is 1. The predicted molar refractivity (Wildman–Crippen MR) is 102 cm³/mol. The fraction of sp³-hybridized carbons (Fsp3) is 0.190. The normalized spacial score (nSPS) is 11.7. The quantitative estimate of drug-likeness (QED) is 0.608. The molecule has 7 heteroatoms. The van der Waals surface area contributed by atoms with E-state index in [-0.39, 0.29) is 5.69 Å². The van der Waals surface area contributed by atoms with E-state index in [0.717, 1.165) is 0 Å². The minimum atomic E-state index is -1.07. The summed E-state index contributed by atoms with van der Waals surface area (Å²) in [6, 6.07) is 10.7. The van der Waals surface area contributed by atoms with Crippen molar-refractivity contribution in [2.24, 2.45) is 0 Å². The maximum absolute atomic E-state index is 13.5. The van der Waals surface area contributed by atoms with E-state index >= 15 is 0 Å². The van der Waals surface area contributed by atoms with Crippen molar-refractivity contribution in [2.75, 3.05) is 12.4 Å². The number of ether oxygens (including phenoxy) is 2. The highest BCUT2D eigenvalue weighted by molar-refractivity contribution is 5.96. The summed E-state index contributed by atoms with van der Waals surface area (Å²) in [5.74, 6) is -2.19. The lowest BCUT2D eigenvalue weighted by Gasteiger charge is -2.12. The number of amides is 1. The number of nitrogens with one attached hydrogen (secondary N) is 1. The Morgan fingerprint density at radius 3 is 2.39 bits per heavy atom. The number of esters is 2. The van der Waals surface area contributed by atoms with Gasteiger partial charge in [-0.15, -0.1) is 0 Å². The van der Waals surface area contributed by atoms with Crippen LogP contribution in [0.3, 0.4) is 0 Å². The van der Waals surface area contributed by atoms with Gasteiger partial charge in [0.05, 0.1) is 12.7 Å². The van der Waals surface area contributed by atoms with Crippen LogP contribution in [0.5, 0.6) is 0 Å². The topological polar surface area (TPSA) is 81.7 Å². The molecule has 6 nitrogen and oxygen atoms in total. The van der Waals surface area contributed by atoms with Crippen LogP contribution in [0.2, 0.25) is 0 Å². The van der Waals surface area contributed by atoms with E-state index in [2.05, 4.69) is 10.1 Å². The van der Waals surface area contributed by atoms with Crippen molar-refractivity contribution in [3.05, 3.63) is 71.0 Å². The van der Waals surface area contributed by atoms with E-state index in [4.69, 9.17) is 4.74 Å². The summed E-state index contributed by atoms with van der Waals surface area (Å²) in [4.78, 5) is 35.3. The van der Waals surface area contributed by atoms with Gasteiger partial charge in [-0.1, -0.05) is 18.2 Å². The van der Waals surface area contributed by atoms with Gasteiger partial charge in [0.15, 0.2) is 6.10 Å². The minimum Gasteiger partial charge on any atom is -0.465 e. The molecular weight excluding hydrogens is 365 g/mol.